The van der Waals surface area contributed by atoms with Gasteiger partial charge in [0.1, 0.15) is 11.9 Å². The molecule has 0 aromatic carbocycles. The first-order valence-corrected chi connectivity index (χ1v) is 7.99. The fourth-order valence-electron chi connectivity index (χ4n) is 3.50. The third-order valence-electron chi connectivity index (χ3n) is 4.89. The van der Waals surface area contributed by atoms with Crippen molar-refractivity contribution in [3.05, 3.63) is 22.9 Å². The van der Waals surface area contributed by atoms with E-state index < -0.39 is 0 Å². The standard InChI is InChI=1S/C17H23N3/c1-2-13-7-9-20(10-8-13)17-15(12-18)11-14-5-3-4-6-16(14)19-17/h11,13H,2-10H2,1H3. The molecule has 106 valence electrons. The average Bonchev–Trinajstić information content (AvgIpc) is 2.53. The van der Waals surface area contributed by atoms with E-state index in [1.807, 2.05) is 0 Å². The van der Waals surface area contributed by atoms with E-state index in [1.54, 1.807) is 0 Å². The van der Waals surface area contributed by atoms with Gasteiger partial charge in [0.2, 0.25) is 0 Å². The molecule has 2 heterocycles. The van der Waals surface area contributed by atoms with E-state index >= 15 is 0 Å². The first kappa shape index (κ1) is 13.4. The van der Waals surface area contributed by atoms with Crippen LogP contribution in [-0.2, 0) is 12.8 Å². The molecule has 1 fully saturated rings. The lowest BCUT2D eigenvalue weighted by Crippen LogP contribution is -2.35. The monoisotopic (exact) mass is 269 g/mol. The van der Waals surface area contributed by atoms with Crippen molar-refractivity contribution in [3.8, 4) is 6.07 Å². The maximum absolute atomic E-state index is 9.43. The molecule has 3 nitrogen and oxygen atoms in total. The third-order valence-corrected chi connectivity index (χ3v) is 4.89. The van der Waals surface area contributed by atoms with Gasteiger partial charge in [-0.1, -0.05) is 13.3 Å². The number of pyridine rings is 1. The molecule has 1 saturated heterocycles. The van der Waals surface area contributed by atoms with E-state index in [4.69, 9.17) is 4.98 Å². The predicted molar refractivity (Wildman–Crippen MR) is 80.8 cm³/mol. The fraction of sp³-hybridized carbons (Fsp3) is 0.647. The zero-order valence-corrected chi connectivity index (χ0v) is 12.4. The van der Waals surface area contributed by atoms with Crippen molar-refractivity contribution in [2.24, 2.45) is 5.92 Å². The van der Waals surface area contributed by atoms with Crippen molar-refractivity contribution in [3.63, 3.8) is 0 Å². The second-order valence-corrected chi connectivity index (χ2v) is 6.12. The lowest BCUT2D eigenvalue weighted by molar-refractivity contribution is 0.393. The summed E-state index contributed by atoms with van der Waals surface area (Å²) in [6.45, 7) is 4.39. The molecule has 0 bridgehead atoms. The Morgan fingerprint density at radius 3 is 2.75 bits per heavy atom. The minimum Gasteiger partial charge on any atom is -0.355 e. The summed E-state index contributed by atoms with van der Waals surface area (Å²) in [6, 6.07) is 4.46. The van der Waals surface area contributed by atoms with Crippen LogP contribution in [0.5, 0.6) is 0 Å². The van der Waals surface area contributed by atoms with Gasteiger partial charge in [-0.15, -0.1) is 0 Å². The molecule has 2 aliphatic rings. The minimum absolute atomic E-state index is 0.778. The summed E-state index contributed by atoms with van der Waals surface area (Å²) >= 11 is 0. The Balaban J connectivity index is 1.87. The lowest BCUT2D eigenvalue weighted by Gasteiger charge is -2.33. The Bertz CT molecular complexity index is 522. The predicted octanol–water partition coefficient (Wildman–Crippen LogP) is 3.46. The number of nitriles is 1. The summed E-state index contributed by atoms with van der Waals surface area (Å²) in [7, 11) is 0. The molecule has 0 amide bonds. The summed E-state index contributed by atoms with van der Waals surface area (Å²) < 4.78 is 0. The third kappa shape index (κ3) is 2.52. The SMILES string of the molecule is CCC1CCN(c2nc3c(cc2C#N)CCCC3)CC1. The highest BCUT2D eigenvalue weighted by Gasteiger charge is 2.23. The maximum atomic E-state index is 9.43. The van der Waals surface area contributed by atoms with Crippen LogP contribution in [0, 0.1) is 17.2 Å². The van der Waals surface area contributed by atoms with Crippen LogP contribution in [0.25, 0.3) is 0 Å². The smallest absolute Gasteiger partial charge is 0.146 e. The molecule has 20 heavy (non-hydrogen) atoms. The Hall–Kier alpha value is -1.56. The highest BCUT2D eigenvalue weighted by atomic mass is 15.2. The zero-order chi connectivity index (χ0) is 13.9. The van der Waals surface area contributed by atoms with Gasteiger partial charge in [-0.25, -0.2) is 4.98 Å². The van der Waals surface area contributed by atoms with E-state index in [-0.39, 0.29) is 0 Å². The second-order valence-electron chi connectivity index (χ2n) is 6.12. The summed E-state index contributed by atoms with van der Waals surface area (Å²) in [5.74, 6) is 1.80. The summed E-state index contributed by atoms with van der Waals surface area (Å²) in [5.41, 5.74) is 3.32. The van der Waals surface area contributed by atoms with Gasteiger partial charge in [-0.05, 0) is 56.1 Å². The number of aromatic nitrogens is 1. The van der Waals surface area contributed by atoms with Crippen LogP contribution < -0.4 is 4.90 Å². The van der Waals surface area contributed by atoms with Gasteiger partial charge in [0.05, 0.1) is 5.56 Å². The van der Waals surface area contributed by atoms with Gasteiger partial charge in [-0.2, -0.15) is 5.26 Å². The lowest BCUT2D eigenvalue weighted by atomic mass is 9.93. The van der Waals surface area contributed by atoms with Crippen molar-refractivity contribution in [1.29, 1.82) is 5.26 Å². The normalized spacial score (nSPS) is 19.5. The molecule has 3 heteroatoms. The van der Waals surface area contributed by atoms with Crippen molar-refractivity contribution in [1.82, 2.24) is 4.98 Å². The highest BCUT2D eigenvalue weighted by molar-refractivity contribution is 5.56. The molecular formula is C17H23N3. The number of nitrogens with zero attached hydrogens (tertiary/aromatic N) is 3. The molecule has 0 N–H and O–H groups in total. The molecule has 0 spiro atoms. The van der Waals surface area contributed by atoms with E-state index in [9.17, 15) is 5.26 Å². The maximum Gasteiger partial charge on any atom is 0.146 e. The number of hydrogen-bond donors (Lipinski definition) is 0. The molecule has 1 aromatic heterocycles. The quantitative estimate of drug-likeness (QED) is 0.825. The second kappa shape index (κ2) is 5.83. The van der Waals surface area contributed by atoms with Crippen LogP contribution in [0.3, 0.4) is 0 Å². The number of hydrogen-bond acceptors (Lipinski definition) is 3. The first-order valence-electron chi connectivity index (χ1n) is 7.99. The van der Waals surface area contributed by atoms with Crippen LogP contribution in [0.1, 0.15) is 55.8 Å². The van der Waals surface area contributed by atoms with E-state index in [1.165, 1.54) is 43.4 Å². The largest absolute Gasteiger partial charge is 0.355 e. The number of piperidine rings is 1. The average molecular weight is 269 g/mol. The van der Waals surface area contributed by atoms with Gasteiger partial charge in [0.15, 0.2) is 0 Å². The van der Waals surface area contributed by atoms with E-state index in [0.29, 0.717) is 0 Å². The Morgan fingerprint density at radius 1 is 1.30 bits per heavy atom. The fourth-order valence-corrected chi connectivity index (χ4v) is 3.50. The number of rotatable bonds is 2. The molecule has 1 aliphatic carbocycles. The van der Waals surface area contributed by atoms with Gasteiger partial charge in [-0.3, -0.25) is 0 Å². The topological polar surface area (TPSA) is 39.9 Å². The van der Waals surface area contributed by atoms with Crippen molar-refractivity contribution < 1.29 is 0 Å². The van der Waals surface area contributed by atoms with Crippen molar-refractivity contribution in [2.75, 3.05) is 18.0 Å². The number of anilines is 1. The molecule has 0 atom stereocenters. The molecule has 0 saturated carbocycles. The van der Waals surface area contributed by atoms with Crippen molar-refractivity contribution in [2.45, 2.75) is 51.9 Å². The van der Waals surface area contributed by atoms with Gasteiger partial charge in [0, 0.05) is 18.8 Å². The summed E-state index contributed by atoms with van der Waals surface area (Å²) in [6.07, 6.45) is 8.40. The molecule has 1 aromatic rings. The van der Waals surface area contributed by atoms with Gasteiger partial charge >= 0.3 is 0 Å². The zero-order valence-electron chi connectivity index (χ0n) is 12.4. The van der Waals surface area contributed by atoms with E-state index in [0.717, 1.165) is 43.2 Å². The summed E-state index contributed by atoms with van der Waals surface area (Å²) in [5, 5.41) is 9.43. The first-order chi connectivity index (χ1) is 9.81. The van der Waals surface area contributed by atoms with Crippen molar-refractivity contribution >= 4 is 5.82 Å². The molecule has 0 radical (unpaired) electrons. The molecule has 3 rings (SSSR count). The van der Waals surface area contributed by atoms with Gasteiger partial charge in [0.25, 0.3) is 0 Å². The Kier molecular flexibility index (Phi) is 3.91. The number of fused-ring (bicyclic) bond motifs is 1. The molecule has 1 aliphatic heterocycles. The van der Waals surface area contributed by atoms with Crippen LogP contribution in [-0.4, -0.2) is 18.1 Å². The molecule has 0 unspecified atom stereocenters. The van der Waals surface area contributed by atoms with Crippen LogP contribution >= 0.6 is 0 Å². The van der Waals surface area contributed by atoms with E-state index in [2.05, 4.69) is 24.0 Å². The number of aryl methyl sites for hydroxylation is 2. The van der Waals surface area contributed by atoms with Crippen LogP contribution in [0.2, 0.25) is 0 Å². The Morgan fingerprint density at radius 2 is 2.05 bits per heavy atom. The minimum atomic E-state index is 0.778. The van der Waals surface area contributed by atoms with Gasteiger partial charge < -0.3 is 4.90 Å². The highest BCUT2D eigenvalue weighted by Crippen LogP contribution is 2.29. The Labute approximate surface area is 121 Å². The van der Waals surface area contributed by atoms with Crippen LogP contribution in [0.15, 0.2) is 6.07 Å². The summed E-state index contributed by atoms with van der Waals surface area (Å²) in [4.78, 5) is 7.19. The van der Waals surface area contributed by atoms with Crippen LogP contribution in [0.4, 0.5) is 5.82 Å². The molecular weight excluding hydrogens is 246 g/mol.